The summed E-state index contributed by atoms with van der Waals surface area (Å²) in [6.07, 6.45) is 7.36. The minimum atomic E-state index is -0.819. The molecule has 1 N–H and O–H groups in total. The molecule has 0 aromatic carbocycles. The maximum atomic E-state index is 10.5. The minimum absolute atomic E-state index is 0.0806. The number of hydrogen-bond acceptors (Lipinski definition) is 3. The molecule has 0 fully saturated rings. The number of aliphatic carboxylic acids is 1. The monoisotopic (exact) mass is 217 g/mol. The summed E-state index contributed by atoms with van der Waals surface area (Å²) in [5, 5.41) is 8.62. The number of nitrogens with zero attached hydrogens (tertiary/aromatic N) is 3. The first-order valence-electron chi connectivity index (χ1n) is 4.92. The number of hydrogen-bond donors (Lipinski definition) is 1. The SMILES string of the molecule is O=C(O)CCc1nccn1-c1cccnc1. The molecule has 16 heavy (non-hydrogen) atoms. The summed E-state index contributed by atoms with van der Waals surface area (Å²) in [6, 6.07) is 3.73. The normalized spacial score (nSPS) is 10.2. The molecule has 2 aromatic heterocycles. The number of carboxylic acids is 1. The van der Waals surface area contributed by atoms with E-state index in [0.717, 1.165) is 11.5 Å². The van der Waals surface area contributed by atoms with Crippen LogP contribution in [-0.2, 0) is 11.2 Å². The van der Waals surface area contributed by atoms with Crippen molar-refractivity contribution < 1.29 is 9.90 Å². The van der Waals surface area contributed by atoms with Gasteiger partial charge in [0.15, 0.2) is 0 Å². The molecule has 2 rings (SSSR count). The van der Waals surface area contributed by atoms with E-state index in [0.29, 0.717) is 6.42 Å². The van der Waals surface area contributed by atoms with Crippen LogP contribution in [0.4, 0.5) is 0 Å². The molecule has 0 bridgehead atoms. The van der Waals surface area contributed by atoms with Gasteiger partial charge in [-0.15, -0.1) is 0 Å². The summed E-state index contributed by atoms with van der Waals surface area (Å²) >= 11 is 0. The summed E-state index contributed by atoms with van der Waals surface area (Å²) in [7, 11) is 0. The first-order chi connectivity index (χ1) is 7.77. The number of carboxylic acid groups (broad SMARTS) is 1. The summed E-state index contributed by atoms with van der Waals surface area (Å²) in [5.41, 5.74) is 0.889. The molecule has 0 saturated heterocycles. The summed E-state index contributed by atoms with van der Waals surface area (Å²) in [5.74, 6) is -0.0869. The van der Waals surface area contributed by atoms with Crippen LogP contribution in [0.5, 0.6) is 0 Å². The lowest BCUT2D eigenvalue weighted by Crippen LogP contribution is -2.04. The molecule has 2 heterocycles. The lowest BCUT2D eigenvalue weighted by atomic mass is 10.3. The molecule has 0 atom stereocenters. The highest BCUT2D eigenvalue weighted by Crippen LogP contribution is 2.10. The van der Waals surface area contributed by atoms with Gasteiger partial charge in [-0.2, -0.15) is 0 Å². The Morgan fingerprint density at radius 1 is 1.44 bits per heavy atom. The average molecular weight is 217 g/mol. The van der Waals surface area contributed by atoms with E-state index in [1.807, 2.05) is 16.7 Å². The highest BCUT2D eigenvalue weighted by atomic mass is 16.4. The second-order valence-electron chi connectivity index (χ2n) is 3.32. The number of carbonyl (C=O) groups is 1. The molecule has 0 unspecified atom stereocenters. The third-order valence-corrected chi connectivity index (χ3v) is 2.20. The van der Waals surface area contributed by atoms with E-state index >= 15 is 0 Å². The summed E-state index contributed by atoms with van der Waals surface area (Å²) in [6.45, 7) is 0. The zero-order chi connectivity index (χ0) is 11.4. The van der Waals surface area contributed by atoms with Crippen molar-refractivity contribution in [3.05, 3.63) is 42.7 Å². The van der Waals surface area contributed by atoms with Crippen LogP contribution in [-0.4, -0.2) is 25.6 Å². The smallest absolute Gasteiger partial charge is 0.303 e. The highest BCUT2D eigenvalue weighted by Gasteiger charge is 2.06. The van der Waals surface area contributed by atoms with Gasteiger partial charge in [0.1, 0.15) is 5.82 Å². The number of aromatic nitrogens is 3. The molecule has 0 aliphatic rings. The molecule has 5 heteroatoms. The van der Waals surface area contributed by atoms with E-state index in [-0.39, 0.29) is 6.42 Å². The fraction of sp³-hybridized carbons (Fsp3) is 0.182. The molecular weight excluding hydrogens is 206 g/mol. The van der Waals surface area contributed by atoms with Gasteiger partial charge < -0.3 is 9.67 Å². The molecule has 2 aromatic rings. The first kappa shape index (κ1) is 10.4. The van der Waals surface area contributed by atoms with Crippen LogP contribution in [0, 0.1) is 0 Å². The van der Waals surface area contributed by atoms with Gasteiger partial charge in [0.25, 0.3) is 0 Å². The Labute approximate surface area is 92.4 Å². The van der Waals surface area contributed by atoms with E-state index < -0.39 is 5.97 Å². The summed E-state index contributed by atoms with van der Waals surface area (Å²) < 4.78 is 1.84. The Kier molecular flexibility index (Phi) is 2.95. The Morgan fingerprint density at radius 3 is 3.00 bits per heavy atom. The van der Waals surface area contributed by atoms with Crippen molar-refractivity contribution in [2.24, 2.45) is 0 Å². The van der Waals surface area contributed by atoms with E-state index in [1.165, 1.54) is 0 Å². The summed E-state index contributed by atoms with van der Waals surface area (Å²) in [4.78, 5) is 18.6. The Hall–Kier alpha value is -2.17. The topological polar surface area (TPSA) is 68.0 Å². The van der Waals surface area contributed by atoms with Crippen molar-refractivity contribution in [1.29, 1.82) is 0 Å². The van der Waals surface area contributed by atoms with Gasteiger partial charge in [-0.3, -0.25) is 9.78 Å². The predicted molar refractivity (Wildman–Crippen MR) is 57.3 cm³/mol. The van der Waals surface area contributed by atoms with Gasteiger partial charge in [0.2, 0.25) is 0 Å². The fourth-order valence-electron chi connectivity index (χ4n) is 1.47. The van der Waals surface area contributed by atoms with Crippen LogP contribution >= 0.6 is 0 Å². The van der Waals surface area contributed by atoms with Crippen molar-refractivity contribution in [3.8, 4) is 5.69 Å². The van der Waals surface area contributed by atoms with E-state index in [9.17, 15) is 4.79 Å². The van der Waals surface area contributed by atoms with Crippen LogP contribution < -0.4 is 0 Å². The quantitative estimate of drug-likeness (QED) is 0.837. The molecule has 0 saturated carbocycles. The standard InChI is InChI=1S/C11H11N3O2/c15-11(16)4-3-10-13-6-7-14(10)9-2-1-5-12-8-9/h1-2,5-8H,3-4H2,(H,15,16). The van der Waals surface area contributed by atoms with Crippen molar-refractivity contribution in [3.63, 3.8) is 0 Å². The van der Waals surface area contributed by atoms with Gasteiger partial charge in [0.05, 0.1) is 18.3 Å². The second kappa shape index (κ2) is 4.57. The predicted octanol–water partition coefficient (Wildman–Crippen LogP) is 1.28. The third-order valence-electron chi connectivity index (χ3n) is 2.20. The van der Waals surface area contributed by atoms with Crippen molar-refractivity contribution in [1.82, 2.24) is 14.5 Å². The molecule has 0 aliphatic heterocycles. The molecule has 0 radical (unpaired) electrons. The Morgan fingerprint density at radius 2 is 2.31 bits per heavy atom. The first-order valence-corrected chi connectivity index (χ1v) is 4.92. The average Bonchev–Trinajstić information content (AvgIpc) is 2.75. The van der Waals surface area contributed by atoms with Gasteiger partial charge in [-0.05, 0) is 12.1 Å². The lowest BCUT2D eigenvalue weighted by Gasteiger charge is -2.05. The molecule has 0 aliphatic carbocycles. The van der Waals surface area contributed by atoms with Gasteiger partial charge in [0, 0.05) is 25.0 Å². The van der Waals surface area contributed by atoms with Gasteiger partial charge in [-0.1, -0.05) is 0 Å². The van der Waals surface area contributed by atoms with Crippen LogP contribution in [0.1, 0.15) is 12.2 Å². The zero-order valence-electron chi connectivity index (χ0n) is 8.58. The van der Waals surface area contributed by atoms with Gasteiger partial charge >= 0.3 is 5.97 Å². The van der Waals surface area contributed by atoms with Crippen LogP contribution in [0.3, 0.4) is 0 Å². The number of pyridine rings is 1. The Balaban J connectivity index is 2.23. The fourth-order valence-corrected chi connectivity index (χ4v) is 1.47. The van der Waals surface area contributed by atoms with E-state index in [1.54, 1.807) is 24.8 Å². The molecular formula is C11H11N3O2. The van der Waals surface area contributed by atoms with Crippen LogP contribution in [0.15, 0.2) is 36.9 Å². The van der Waals surface area contributed by atoms with Gasteiger partial charge in [-0.25, -0.2) is 4.98 Å². The van der Waals surface area contributed by atoms with Crippen molar-refractivity contribution >= 4 is 5.97 Å². The van der Waals surface area contributed by atoms with Crippen molar-refractivity contribution in [2.75, 3.05) is 0 Å². The maximum absolute atomic E-state index is 10.5. The molecule has 82 valence electrons. The highest BCUT2D eigenvalue weighted by molar-refractivity contribution is 5.66. The molecule has 5 nitrogen and oxygen atoms in total. The van der Waals surface area contributed by atoms with Crippen LogP contribution in [0.25, 0.3) is 5.69 Å². The molecule has 0 spiro atoms. The molecule has 0 amide bonds. The number of imidazole rings is 1. The van der Waals surface area contributed by atoms with Crippen LogP contribution in [0.2, 0.25) is 0 Å². The maximum Gasteiger partial charge on any atom is 0.303 e. The number of rotatable bonds is 4. The Bertz CT molecular complexity index is 479. The lowest BCUT2D eigenvalue weighted by molar-refractivity contribution is -0.137. The van der Waals surface area contributed by atoms with Crippen molar-refractivity contribution in [2.45, 2.75) is 12.8 Å². The largest absolute Gasteiger partial charge is 0.481 e. The minimum Gasteiger partial charge on any atom is -0.481 e. The number of aryl methyl sites for hydroxylation is 1. The van der Waals surface area contributed by atoms with E-state index in [2.05, 4.69) is 9.97 Å². The third kappa shape index (κ3) is 2.25. The second-order valence-corrected chi connectivity index (χ2v) is 3.32. The van der Waals surface area contributed by atoms with E-state index in [4.69, 9.17) is 5.11 Å². The zero-order valence-corrected chi connectivity index (χ0v) is 8.58.